The summed E-state index contributed by atoms with van der Waals surface area (Å²) in [6, 6.07) is 0. The number of rotatable bonds is 7. The van der Waals surface area contributed by atoms with Gasteiger partial charge in [0.15, 0.2) is 0 Å². The summed E-state index contributed by atoms with van der Waals surface area (Å²) in [7, 11) is 0. The smallest absolute Gasteiger partial charge is 0.0540 e. The molecule has 0 aromatic heterocycles. The quantitative estimate of drug-likeness (QED) is 0.674. The lowest BCUT2D eigenvalue weighted by Crippen LogP contribution is -2.03. The van der Waals surface area contributed by atoms with E-state index in [9.17, 15) is 0 Å². The van der Waals surface area contributed by atoms with E-state index in [1.807, 2.05) is 6.92 Å². The molecule has 0 radical (unpaired) electrons. The van der Waals surface area contributed by atoms with Crippen LogP contribution in [0.3, 0.4) is 0 Å². The maximum absolute atomic E-state index is 9.05. The predicted molar refractivity (Wildman–Crippen MR) is 81.5 cm³/mol. The van der Waals surface area contributed by atoms with Crippen molar-refractivity contribution < 1.29 is 10.2 Å². The van der Waals surface area contributed by atoms with Crippen LogP contribution in [0.4, 0.5) is 0 Å². The maximum atomic E-state index is 9.05. The van der Waals surface area contributed by atoms with Gasteiger partial charge >= 0.3 is 0 Å². The Morgan fingerprint density at radius 3 is 1.50 bits per heavy atom. The van der Waals surface area contributed by atoms with Crippen molar-refractivity contribution in [3.63, 3.8) is 0 Å². The maximum Gasteiger partial charge on any atom is 0.0540 e. The van der Waals surface area contributed by atoms with E-state index in [1.54, 1.807) is 6.92 Å². The average molecular weight is 258 g/mol. The number of unbranched alkanes of at least 4 members (excludes halogenated alkanes) is 1. The summed E-state index contributed by atoms with van der Waals surface area (Å²) < 4.78 is 0. The van der Waals surface area contributed by atoms with Crippen molar-refractivity contribution in [2.24, 2.45) is 0 Å². The van der Waals surface area contributed by atoms with Crippen LogP contribution < -0.4 is 0 Å². The Morgan fingerprint density at radius 2 is 1.33 bits per heavy atom. The summed E-state index contributed by atoms with van der Waals surface area (Å²) in [5, 5.41) is 17.7. The number of aliphatic hydroxyl groups excluding tert-OH is 2. The SMILES string of the molecule is C#CC.CCCC(O)CCC.CCCCC(C)O. The van der Waals surface area contributed by atoms with Crippen molar-refractivity contribution in [2.45, 2.75) is 91.8 Å². The molecule has 0 saturated heterocycles. The van der Waals surface area contributed by atoms with E-state index >= 15 is 0 Å². The molecule has 0 fully saturated rings. The Morgan fingerprint density at radius 1 is 0.944 bits per heavy atom. The van der Waals surface area contributed by atoms with Crippen molar-refractivity contribution >= 4 is 0 Å². The van der Waals surface area contributed by atoms with Crippen LogP contribution in [-0.4, -0.2) is 22.4 Å². The normalized spacial score (nSPS) is 10.6. The number of hydrogen-bond donors (Lipinski definition) is 2. The summed E-state index contributed by atoms with van der Waals surface area (Å²) in [4.78, 5) is 0. The van der Waals surface area contributed by atoms with Gasteiger partial charge in [0.2, 0.25) is 0 Å². The van der Waals surface area contributed by atoms with Gasteiger partial charge in [-0.3, -0.25) is 0 Å². The average Bonchev–Trinajstić information content (AvgIpc) is 2.29. The highest BCUT2D eigenvalue weighted by molar-refractivity contribution is 4.73. The van der Waals surface area contributed by atoms with Gasteiger partial charge < -0.3 is 10.2 Å². The minimum atomic E-state index is -0.0973. The Bertz CT molecular complexity index is 153. The van der Waals surface area contributed by atoms with E-state index < -0.39 is 0 Å². The van der Waals surface area contributed by atoms with Gasteiger partial charge in [-0.25, -0.2) is 0 Å². The summed E-state index contributed by atoms with van der Waals surface area (Å²) in [5.74, 6) is 2.25. The first-order valence-corrected chi connectivity index (χ1v) is 7.23. The van der Waals surface area contributed by atoms with Gasteiger partial charge in [-0.15, -0.1) is 12.3 Å². The molecule has 0 aliphatic heterocycles. The van der Waals surface area contributed by atoms with E-state index in [4.69, 9.17) is 10.2 Å². The van der Waals surface area contributed by atoms with Crippen LogP contribution in [0.2, 0.25) is 0 Å². The van der Waals surface area contributed by atoms with Gasteiger partial charge in [0, 0.05) is 0 Å². The Kier molecular flexibility index (Phi) is 27.3. The molecule has 1 atom stereocenters. The molecular formula is C16H34O2. The monoisotopic (exact) mass is 258 g/mol. The van der Waals surface area contributed by atoms with Gasteiger partial charge in [-0.2, -0.15) is 0 Å². The fraction of sp³-hybridized carbons (Fsp3) is 0.875. The van der Waals surface area contributed by atoms with Crippen molar-refractivity contribution in [1.82, 2.24) is 0 Å². The molecule has 2 heteroatoms. The van der Waals surface area contributed by atoms with Crippen LogP contribution in [0.5, 0.6) is 0 Å². The molecule has 110 valence electrons. The first-order valence-electron chi connectivity index (χ1n) is 7.23. The summed E-state index contributed by atoms with van der Waals surface area (Å²) >= 11 is 0. The summed E-state index contributed by atoms with van der Waals surface area (Å²) in [5.41, 5.74) is 0. The molecule has 0 aliphatic rings. The minimum absolute atomic E-state index is 0.0370. The zero-order chi connectivity index (χ0) is 14.8. The molecule has 0 aromatic carbocycles. The van der Waals surface area contributed by atoms with Gasteiger partial charge in [0.1, 0.15) is 0 Å². The van der Waals surface area contributed by atoms with Gasteiger partial charge in [-0.1, -0.05) is 46.5 Å². The second-order valence-electron chi connectivity index (χ2n) is 4.51. The molecule has 2 N–H and O–H groups in total. The van der Waals surface area contributed by atoms with Crippen LogP contribution in [0.1, 0.15) is 79.6 Å². The molecular weight excluding hydrogens is 224 g/mol. The van der Waals surface area contributed by atoms with Crippen molar-refractivity contribution in [3.8, 4) is 12.3 Å². The molecule has 0 heterocycles. The number of aliphatic hydroxyl groups is 2. The highest BCUT2D eigenvalue weighted by atomic mass is 16.3. The number of terminal acetylenes is 1. The van der Waals surface area contributed by atoms with E-state index in [0.29, 0.717) is 0 Å². The fourth-order valence-corrected chi connectivity index (χ4v) is 1.31. The molecule has 0 rings (SSSR count). The molecule has 0 spiro atoms. The van der Waals surface area contributed by atoms with E-state index in [2.05, 4.69) is 33.1 Å². The topological polar surface area (TPSA) is 40.5 Å². The number of hydrogen-bond acceptors (Lipinski definition) is 2. The third kappa shape index (κ3) is 36.1. The molecule has 18 heavy (non-hydrogen) atoms. The lowest BCUT2D eigenvalue weighted by molar-refractivity contribution is 0.153. The molecule has 0 saturated carbocycles. The van der Waals surface area contributed by atoms with Crippen molar-refractivity contribution in [1.29, 1.82) is 0 Å². The zero-order valence-electron chi connectivity index (χ0n) is 13.1. The molecule has 2 nitrogen and oxygen atoms in total. The van der Waals surface area contributed by atoms with E-state index in [1.165, 1.54) is 6.42 Å². The predicted octanol–water partition coefficient (Wildman–Crippen LogP) is 4.14. The fourth-order valence-electron chi connectivity index (χ4n) is 1.31. The first kappa shape index (κ1) is 22.6. The second-order valence-corrected chi connectivity index (χ2v) is 4.51. The highest BCUT2D eigenvalue weighted by Crippen LogP contribution is 2.02. The van der Waals surface area contributed by atoms with Crippen molar-refractivity contribution in [3.05, 3.63) is 0 Å². The van der Waals surface area contributed by atoms with Gasteiger partial charge in [0.05, 0.1) is 12.2 Å². The second kappa shape index (κ2) is 21.7. The summed E-state index contributed by atoms with van der Waals surface area (Å²) in [6.07, 6.45) is 11.9. The molecule has 0 bridgehead atoms. The minimum Gasteiger partial charge on any atom is -0.393 e. The van der Waals surface area contributed by atoms with Gasteiger partial charge in [-0.05, 0) is 33.1 Å². The van der Waals surface area contributed by atoms with Crippen LogP contribution >= 0.6 is 0 Å². The van der Waals surface area contributed by atoms with Crippen molar-refractivity contribution in [2.75, 3.05) is 0 Å². The highest BCUT2D eigenvalue weighted by Gasteiger charge is 1.97. The third-order valence-corrected chi connectivity index (χ3v) is 2.22. The lowest BCUT2D eigenvalue weighted by atomic mass is 10.1. The molecule has 0 amide bonds. The Hall–Kier alpha value is -0.520. The molecule has 0 aromatic rings. The van der Waals surface area contributed by atoms with E-state index in [0.717, 1.165) is 38.5 Å². The molecule has 0 aliphatic carbocycles. The van der Waals surface area contributed by atoms with Crippen LogP contribution in [-0.2, 0) is 0 Å². The standard InChI is InChI=1S/C7H16O.C6H14O.C3H4/c1-3-5-7(8)6-4-2;1-3-4-5-6(2)7;1-3-2/h7-8H,3-6H2,1-2H3;6-7H,3-5H2,1-2H3;1H,2H3. The third-order valence-electron chi connectivity index (χ3n) is 2.22. The zero-order valence-corrected chi connectivity index (χ0v) is 13.1. The molecule has 1 unspecified atom stereocenters. The lowest BCUT2D eigenvalue weighted by Gasteiger charge is -2.04. The van der Waals surface area contributed by atoms with Crippen LogP contribution in [0.15, 0.2) is 0 Å². The first-order chi connectivity index (χ1) is 8.49. The van der Waals surface area contributed by atoms with Crippen LogP contribution in [0, 0.1) is 12.3 Å². The summed E-state index contributed by atoms with van der Waals surface area (Å²) in [6.45, 7) is 9.80. The Balaban J connectivity index is -0.000000207. The largest absolute Gasteiger partial charge is 0.393 e. The van der Waals surface area contributed by atoms with Gasteiger partial charge in [0.25, 0.3) is 0 Å². The Labute approximate surface area is 115 Å². The van der Waals surface area contributed by atoms with E-state index in [-0.39, 0.29) is 12.2 Å². The van der Waals surface area contributed by atoms with Crippen LogP contribution in [0.25, 0.3) is 0 Å².